The minimum absolute atomic E-state index is 0.0587. The van der Waals surface area contributed by atoms with Crippen molar-refractivity contribution in [1.82, 2.24) is 0 Å². The maximum atomic E-state index is 4.71. The lowest BCUT2D eigenvalue weighted by Crippen LogP contribution is -2.20. The van der Waals surface area contributed by atoms with Gasteiger partial charge in [0, 0.05) is 17.8 Å². The summed E-state index contributed by atoms with van der Waals surface area (Å²) in [4.78, 5) is 4.71. The van der Waals surface area contributed by atoms with Gasteiger partial charge in [-0.3, -0.25) is 4.99 Å². The van der Waals surface area contributed by atoms with Crippen molar-refractivity contribution in [3.63, 3.8) is 0 Å². The quantitative estimate of drug-likeness (QED) is 0.567. The average Bonchev–Trinajstić information content (AvgIpc) is 3.03. The van der Waals surface area contributed by atoms with E-state index in [1.54, 1.807) is 0 Å². The van der Waals surface area contributed by atoms with Crippen molar-refractivity contribution in [3.8, 4) is 0 Å². The third-order valence-corrected chi connectivity index (χ3v) is 6.20. The summed E-state index contributed by atoms with van der Waals surface area (Å²) >= 11 is 0. The maximum Gasteiger partial charge on any atom is 0.0520 e. The van der Waals surface area contributed by atoms with E-state index >= 15 is 0 Å². The molecule has 0 aromatic heterocycles. The van der Waals surface area contributed by atoms with Crippen molar-refractivity contribution in [1.29, 1.82) is 0 Å². The number of nitrogens with zero attached hydrogens (tertiary/aromatic N) is 1. The largest absolute Gasteiger partial charge is 0.291 e. The Kier molecular flexibility index (Phi) is 5.51. The summed E-state index contributed by atoms with van der Waals surface area (Å²) in [6.45, 7) is 6.38. The number of hydrogen-bond acceptors (Lipinski definition) is 1. The van der Waals surface area contributed by atoms with Crippen LogP contribution in [0.3, 0.4) is 0 Å². The van der Waals surface area contributed by atoms with Crippen LogP contribution in [0.5, 0.6) is 0 Å². The highest BCUT2D eigenvalue weighted by molar-refractivity contribution is 7.76. The van der Waals surface area contributed by atoms with Crippen LogP contribution in [0.2, 0.25) is 0 Å². The van der Waals surface area contributed by atoms with Crippen molar-refractivity contribution < 1.29 is 0 Å². The molecule has 0 heterocycles. The van der Waals surface area contributed by atoms with Gasteiger partial charge in [0.25, 0.3) is 0 Å². The van der Waals surface area contributed by atoms with Crippen LogP contribution >= 0.6 is 7.92 Å². The van der Waals surface area contributed by atoms with Crippen LogP contribution in [0.15, 0.2) is 65.7 Å². The van der Waals surface area contributed by atoms with Gasteiger partial charge >= 0.3 is 0 Å². The Morgan fingerprint density at radius 3 is 1.83 bits per heavy atom. The van der Waals surface area contributed by atoms with E-state index < -0.39 is 7.92 Å². The minimum atomic E-state index is -0.568. The van der Waals surface area contributed by atoms with Gasteiger partial charge in [0.05, 0.1) is 5.54 Å². The lowest BCUT2D eigenvalue weighted by Gasteiger charge is -2.28. The molecule has 0 spiro atoms. The van der Waals surface area contributed by atoms with Crippen molar-refractivity contribution in [2.24, 2.45) is 4.99 Å². The number of aliphatic imine (C=N–C) groups is 1. The van der Waals surface area contributed by atoms with Gasteiger partial charge in [-0.1, -0.05) is 60.7 Å². The topological polar surface area (TPSA) is 12.4 Å². The molecule has 24 heavy (non-hydrogen) atoms. The van der Waals surface area contributed by atoms with Crippen LogP contribution < -0.4 is 10.6 Å². The van der Waals surface area contributed by atoms with Crippen molar-refractivity contribution in [2.45, 2.75) is 26.3 Å². The molecule has 0 N–H and O–H groups in total. The normalized spacial score (nSPS) is 17.2. The molecule has 1 fully saturated rings. The van der Waals surface area contributed by atoms with Gasteiger partial charge in [-0.05, 0) is 58.6 Å². The fourth-order valence-corrected chi connectivity index (χ4v) is 5.00. The zero-order valence-corrected chi connectivity index (χ0v) is 15.4. The van der Waals surface area contributed by atoms with Crippen LogP contribution in [0.4, 0.5) is 0 Å². The van der Waals surface area contributed by atoms with Crippen LogP contribution in [-0.2, 0) is 0 Å². The first-order chi connectivity index (χ1) is 11.5. The lowest BCUT2D eigenvalue weighted by atomic mass is 10.1. The molecule has 0 amide bonds. The van der Waals surface area contributed by atoms with E-state index in [0.29, 0.717) is 0 Å². The highest BCUT2D eigenvalue weighted by atomic mass is 31.1. The molecule has 1 aliphatic rings. The summed E-state index contributed by atoms with van der Waals surface area (Å²) in [5, 5.41) is 2.74. The molecule has 1 saturated carbocycles. The van der Waals surface area contributed by atoms with Crippen LogP contribution in [-0.4, -0.2) is 11.8 Å². The first-order valence-corrected chi connectivity index (χ1v) is 9.60. The van der Waals surface area contributed by atoms with Gasteiger partial charge in [-0.15, -0.1) is 0 Å². The van der Waals surface area contributed by atoms with E-state index in [4.69, 9.17) is 4.99 Å². The van der Waals surface area contributed by atoms with Crippen LogP contribution in [0.1, 0.15) is 20.8 Å². The van der Waals surface area contributed by atoms with E-state index in [1.807, 2.05) is 6.21 Å². The van der Waals surface area contributed by atoms with E-state index in [0.717, 1.165) is 0 Å². The third kappa shape index (κ3) is 4.33. The van der Waals surface area contributed by atoms with Gasteiger partial charge < -0.3 is 0 Å². The Hall–Kier alpha value is -1.46. The summed E-state index contributed by atoms with van der Waals surface area (Å²) in [7, 11) is -0.568. The van der Waals surface area contributed by atoms with Gasteiger partial charge in [-0.2, -0.15) is 0 Å². The first-order valence-electron chi connectivity index (χ1n) is 8.26. The molecular formula is C22H23NP. The summed E-state index contributed by atoms with van der Waals surface area (Å²) in [6, 6.07) is 21.6. The summed E-state index contributed by atoms with van der Waals surface area (Å²) < 4.78 is 0. The van der Waals surface area contributed by atoms with Crippen molar-refractivity contribution in [2.75, 3.05) is 0 Å². The highest BCUT2D eigenvalue weighted by Gasteiger charge is 2.36. The fraction of sp³-hybridized carbons (Fsp3) is 0.182. The van der Waals surface area contributed by atoms with Crippen LogP contribution in [0, 0.1) is 30.8 Å². The molecular weight excluding hydrogens is 309 g/mol. The molecule has 0 bridgehead atoms. The predicted molar refractivity (Wildman–Crippen MR) is 107 cm³/mol. The number of hydrogen-bond donors (Lipinski definition) is 0. The second-order valence-corrected chi connectivity index (χ2v) is 8.99. The smallest absolute Gasteiger partial charge is 0.0520 e. The Bertz CT molecular complexity index is 618. The third-order valence-electron chi connectivity index (χ3n) is 3.69. The molecule has 5 radical (unpaired) electrons. The molecule has 121 valence electrons. The molecule has 0 atom stereocenters. The summed E-state index contributed by atoms with van der Waals surface area (Å²) in [5.74, 6) is 1.23. The molecule has 3 rings (SSSR count). The second-order valence-electron chi connectivity index (χ2n) is 6.80. The SMILES string of the molecule is CC(C)(C)N=C[C]1[CH][CH][CH][C]1P(c1ccccc1)c1ccccc1. The number of benzene rings is 2. The van der Waals surface area contributed by atoms with Gasteiger partial charge in [0.1, 0.15) is 0 Å². The summed E-state index contributed by atoms with van der Waals surface area (Å²) in [6.07, 6.45) is 8.60. The van der Waals surface area contributed by atoms with Gasteiger partial charge in [0.2, 0.25) is 0 Å². The highest BCUT2D eigenvalue weighted by Crippen LogP contribution is 2.55. The van der Waals surface area contributed by atoms with Crippen molar-refractivity contribution in [3.05, 3.63) is 91.5 Å². The standard InChI is InChI=1S/C22H23NP/c1-22(2,3)23-17-18-11-10-16-21(18)24(19-12-6-4-7-13-19)20-14-8-5-9-15-20/h4-17H,1-3H3. The molecule has 0 unspecified atom stereocenters. The zero-order valence-electron chi connectivity index (χ0n) is 14.5. The monoisotopic (exact) mass is 332 g/mol. The minimum Gasteiger partial charge on any atom is -0.291 e. The lowest BCUT2D eigenvalue weighted by molar-refractivity contribution is 0.586. The first kappa shape index (κ1) is 17.4. The second kappa shape index (κ2) is 7.62. The zero-order chi connectivity index (χ0) is 17.0. The van der Waals surface area contributed by atoms with Crippen LogP contribution in [0.25, 0.3) is 0 Å². The molecule has 1 nitrogen and oxygen atoms in total. The van der Waals surface area contributed by atoms with Gasteiger partial charge in [0.15, 0.2) is 0 Å². The Balaban J connectivity index is 1.95. The molecule has 2 aromatic rings. The Morgan fingerprint density at radius 2 is 1.33 bits per heavy atom. The average molecular weight is 332 g/mol. The Labute approximate surface area is 148 Å². The van der Waals surface area contributed by atoms with Gasteiger partial charge in [-0.25, -0.2) is 0 Å². The molecule has 0 aliphatic heterocycles. The van der Waals surface area contributed by atoms with E-state index in [2.05, 4.69) is 101 Å². The molecule has 2 aromatic carbocycles. The maximum absolute atomic E-state index is 4.71. The van der Waals surface area contributed by atoms with E-state index in [1.165, 1.54) is 22.2 Å². The van der Waals surface area contributed by atoms with E-state index in [9.17, 15) is 0 Å². The fourth-order valence-electron chi connectivity index (χ4n) is 2.58. The molecule has 2 heteroatoms. The van der Waals surface area contributed by atoms with E-state index in [-0.39, 0.29) is 5.54 Å². The number of rotatable bonds is 4. The predicted octanol–water partition coefficient (Wildman–Crippen LogP) is 4.72. The Morgan fingerprint density at radius 1 is 0.792 bits per heavy atom. The summed E-state index contributed by atoms with van der Waals surface area (Å²) in [5.41, 5.74) is 1.31. The molecule has 0 saturated heterocycles. The molecule has 1 aliphatic carbocycles. The van der Waals surface area contributed by atoms with Crippen molar-refractivity contribution >= 4 is 24.7 Å².